The molecule has 0 atom stereocenters. The number of hydrogen-bond donors (Lipinski definition) is 1. The molecule has 1 rings (SSSR count). The van der Waals surface area contributed by atoms with Crippen molar-refractivity contribution in [2.75, 3.05) is 33.5 Å². The summed E-state index contributed by atoms with van der Waals surface area (Å²) in [5.41, 5.74) is 1.09. The smallest absolute Gasteiger partial charge is 0.166 e. The standard InChI is InChI=1S/C16H25NO3/c1-4-11-20-16-14(8-6-9-15(16)18-3)13-17-10-7-12-19-5-2/h4,6,8-9,17H,1,5,7,10-13H2,2-3H3. The number of para-hydroxylation sites is 1. The van der Waals surface area contributed by atoms with Crippen molar-refractivity contribution in [2.45, 2.75) is 19.9 Å². The Morgan fingerprint density at radius 3 is 2.90 bits per heavy atom. The fraction of sp³-hybridized carbons (Fsp3) is 0.500. The van der Waals surface area contributed by atoms with E-state index in [1.54, 1.807) is 13.2 Å². The highest BCUT2D eigenvalue weighted by atomic mass is 16.5. The zero-order chi connectivity index (χ0) is 14.6. The van der Waals surface area contributed by atoms with E-state index in [2.05, 4.69) is 11.9 Å². The van der Waals surface area contributed by atoms with E-state index in [1.165, 1.54) is 0 Å². The summed E-state index contributed by atoms with van der Waals surface area (Å²) in [6.45, 7) is 9.37. The summed E-state index contributed by atoms with van der Waals surface area (Å²) in [6, 6.07) is 5.91. The molecule has 0 aliphatic carbocycles. The quantitative estimate of drug-likeness (QED) is 0.499. The van der Waals surface area contributed by atoms with Crippen molar-refractivity contribution in [3.05, 3.63) is 36.4 Å². The van der Waals surface area contributed by atoms with Gasteiger partial charge in [0, 0.05) is 25.3 Å². The molecule has 4 nitrogen and oxygen atoms in total. The van der Waals surface area contributed by atoms with Gasteiger partial charge in [0.2, 0.25) is 0 Å². The molecular formula is C16H25NO3. The van der Waals surface area contributed by atoms with Crippen LogP contribution in [-0.4, -0.2) is 33.5 Å². The zero-order valence-corrected chi connectivity index (χ0v) is 12.5. The van der Waals surface area contributed by atoms with Crippen LogP contribution in [0.25, 0.3) is 0 Å². The van der Waals surface area contributed by atoms with E-state index < -0.39 is 0 Å². The Kier molecular flexibility index (Phi) is 8.51. The Labute approximate surface area is 121 Å². The molecule has 0 fully saturated rings. The Morgan fingerprint density at radius 2 is 2.20 bits per heavy atom. The lowest BCUT2D eigenvalue weighted by Gasteiger charge is -2.14. The summed E-state index contributed by atoms with van der Waals surface area (Å²) in [6.07, 6.45) is 2.73. The summed E-state index contributed by atoms with van der Waals surface area (Å²) in [5, 5.41) is 3.39. The van der Waals surface area contributed by atoms with Gasteiger partial charge in [-0.1, -0.05) is 24.8 Å². The van der Waals surface area contributed by atoms with Gasteiger partial charge in [0.1, 0.15) is 6.61 Å². The first-order valence-electron chi connectivity index (χ1n) is 7.01. The van der Waals surface area contributed by atoms with E-state index in [1.807, 2.05) is 25.1 Å². The number of ether oxygens (including phenoxy) is 3. The monoisotopic (exact) mass is 279 g/mol. The minimum atomic E-state index is 0.470. The van der Waals surface area contributed by atoms with Crippen molar-refractivity contribution in [1.29, 1.82) is 0 Å². The van der Waals surface area contributed by atoms with Crippen LogP contribution in [0.1, 0.15) is 18.9 Å². The molecule has 1 N–H and O–H groups in total. The van der Waals surface area contributed by atoms with Gasteiger partial charge in [-0.3, -0.25) is 0 Å². The van der Waals surface area contributed by atoms with Gasteiger partial charge in [-0.05, 0) is 26.0 Å². The van der Waals surface area contributed by atoms with Gasteiger partial charge in [-0.15, -0.1) is 0 Å². The SMILES string of the molecule is C=CCOc1c(CNCCCOCC)cccc1OC. The van der Waals surface area contributed by atoms with Crippen LogP contribution < -0.4 is 14.8 Å². The average Bonchev–Trinajstić information content (AvgIpc) is 2.49. The Bertz CT molecular complexity index is 393. The molecule has 0 saturated carbocycles. The maximum atomic E-state index is 5.70. The third-order valence-corrected chi connectivity index (χ3v) is 2.79. The molecule has 20 heavy (non-hydrogen) atoms. The topological polar surface area (TPSA) is 39.7 Å². The molecule has 0 heterocycles. The minimum Gasteiger partial charge on any atom is -0.493 e. The molecule has 1 aromatic rings. The zero-order valence-electron chi connectivity index (χ0n) is 12.5. The molecule has 0 aliphatic rings. The average molecular weight is 279 g/mol. The van der Waals surface area contributed by atoms with E-state index in [0.717, 1.165) is 49.8 Å². The molecule has 0 unspecified atom stereocenters. The number of rotatable bonds is 11. The lowest BCUT2D eigenvalue weighted by molar-refractivity contribution is 0.144. The van der Waals surface area contributed by atoms with Gasteiger partial charge in [-0.2, -0.15) is 0 Å². The van der Waals surface area contributed by atoms with Crippen molar-refractivity contribution < 1.29 is 14.2 Å². The molecule has 0 radical (unpaired) electrons. The molecule has 0 saturated heterocycles. The van der Waals surface area contributed by atoms with Gasteiger partial charge in [-0.25, -0.2) is 0 Å². The highest BCUT2D eigenvalue weighted by Crippen LogP contribution is 2.31. The van der Waals surface area contributed by atoms with Crippen molar-refractivity contribution >= 4 is 0 Å². The molecule has 1 aromatic carbocycles. The van der Waals surface area contributed by atoms with Crippen LogP contribution in [-0.2, 0) is 11.3 Å². The van der Waals surface area contributed by atoms with E-state index in [-0.39, 0.29) is 0 Å². The first kappa shape index (κ1) is 16.5. The molecule has 0 amide bonds. The molecule has 0 aliphatic heterocycles. The van der Waals surface area contributed by atoms with Crippen LogP contribution in [0, 0.1) is 0 Å². The first-order valence-corrected chi connectivity index (χ1v) is 7.01. The van der Waals surface area contributed by atoms with Gasteiger partial charge in [0.25, 0.3) is 0 Å². The van der Waals surface area contributed by atoms with Crippen LogP contribution in [0.15, 0.2) is 30.9 Å². The van der Waals surface area contributed by atoms with Crippen LogP contribution in [0.5, 0.6) is 11.5 Å². The van der Waals surface area contributed by atoms with Gasteiger partial charge >= 0.3 is 0 Å². The third-order valence-electron chi connectivity index (χ3n) is 2.79. The van der Waals surface area contributed by atoms with Gasteiger partial charge < -0.3 is 19.5 Å². The van der Waals surface area contributed by atoms with Crippen molar-refractivity contribution in [3.8, 4) is 11.5 Å². The lowest BCUT2D eigenvalue weighted by Crippen LogP contribution is -2.17. The number of benzene rings is 1. The summed E-state index contributed by atoms with van der Waals surface area (Å²) in [4.78, 5) is 0. The maximum Gasteiger partial charge on any atom is 0.166 e. The van der Waals surface area contributed by atoms with Crippen LogP contribution >= 0.6 is 0 Å². The van der Waals surface area contributed by atoms with E-state index in [4.69, 9.17) is 14.2 Å². The predicted octanol–water partition coefficient (Wildman–Crippen LogP) is 2.78. The van der Waals surface area contributed by atoms with Gasteiger partial charge in [0.15, 0.2) is 11.5 Å². The fourth-order valence-electron chi connectivity index (χ4n) is 1.83. The largest absolute Gasteiger partial charge is 0.493 e. The second-order valence-corrected chi connectivity index (χ2v) is 4.28. The second-order valence-electron chi connectivity index (χ2n) is 4.28. The summed E-state index contributed by atoms with van der Waals surface area (Å²) < 4.78 is 16.3. The lowest BCUT2D eigenvalue weighted by atomic mass is 10.2. The third kappa shape index (κ3) is 5.63. The molecule has 0 aromatic heterocycles. The van der Waals surface area contributed by atoms with Crippen molar-refractivity contribution in [3.63, 3.8) is 0 Å². The molecular weight excluding hydrogens is 254 g/mol. The van der Waals surface area contributed by atoms with Crippen LogP contribution in [0.4, 0.5) is 0 Å². The minimum absolute atomic E-state index is 0.470. The summed E-state index contributed by atoms with van der Waals surface area (Å²) in [5.74, 6) is 1.53. The van der Waals surface area contributed by atoms with E-state index in [9.17, 15) is 0 Å². The summed E-state index contributed by atoms with van der Waals surface area (Å²) >= 11 is 0. The highest BCUT2D eigenvalue weighted by Gasteiger charge is 2.09. The molecule has 0 spiro atoms. The van der Waals surface area contributed by atoms with E-state index in [0.29, 0.717) is 6.61 Å². The fourth-order valence-corrected chi connectivity index (χ4v) is 1.83. The normalized spacial score (nSPS) is 10.3. The maximum absolute atomic E-state index is 5.70. The number of nitrogens with one attached hydrogen (secondary N) is 1. The van der Waals surface area contributed by atoms with Crippen LogP contribution in [0.3, 0.4) is 0 Å². The second kappa shape index (κ2) is 10.3. The number of methoxy groups -OCH3 is 1. The van der Waals surface area contributed by atoms with Crippen molar-refractivity contribution in [1.82, 2.24) is 5.32 Å². The molecule has 112 valence electrons. The van der Waals surface area contributed by atoms with Crippen LogP contribution in [0.2, 0.25) is 0 Å². The van der Waals surface area contributed by atoms with Gasteiger partial charge in [0.05, 0.1) is 7.11 Å². The number of hydrogen-bond acceptors (Lipinski definition) is 4. The first-order chi connectivity index (χ1) is 9.83. The Hall–Kier alpha value is -1.52. The Morgan fingerprint density at radius 1 is 1.35 bits per heavy atom. The van der Waals surface area contributed by atoms with E-state index >= 15 is 0 Å². The highest BCUT2D eigenvalue weighted by molar-refractivity contribution is 5.46. The Balaban J connectivity index is 2.52. The summed E-state index contributed by atoms with van der Waals surface area (Å²) in [7, 11) is 1.65. The molecule has 0 bridgehead atoms. The predicted molar refractivity (Wildman–Crippen MR) is 81.5 cm³/mol. The van der Waals surface area contributed by atoms with Crippen molar-refractivity contribution in [2.24, 2.45) is 0 Å². The molecule has 4 heteroatoms.